The van der Waals surface area contributed by atoms with Gasteiger partial charge in [0.05, 0.1) is 0 Å². The van der Waals surface area contributed by atoms with Crippen molar-refractivity contribution in [2.45, 2.75) is 54.2 Å². The lowest BCUT2D eigenvalue weighted by Gasteiger charge is -2.39. The van der Waals surface area contributed by atoms with Crippen molar-refractivity contribution >= 4 is 5.91 Å². The van der Waals surface area contributed by atoms with Gasteiger partial charge in [0.2, 0.25) is 0 Å². The molecule has 1 aliphatic heterocycles. The van der Waals surface area contributed by atoms with Crippen molar-refractivity contribution < 1.29 is 9.90 Å². The topological polar surface area (TPSA) is 43.8 Å². The highest BCUT2D eigenvalue weighted by molar-refractivity contribution is 5.81. The van der Waals surface area contributed by atoms with E-state index in [0.29, 0.717) is 6.04 Å². The zero-order valence-corrected chi connectivity index (χ0v) is 11.7. The highest BCUT2D eigenvalue weighted by atomic mass is 16.3. The molecule has 0 radical (unpaired) electrons. The number of rotatable bonds is 2. The van der Waals surface area contributed by atoms with E-state index in [0.717, 1.165) is 26.2 Å². The van der Waals surface area contributed by atoms with Gasteiger partial charge in [-0.3, -0.25) is 9.69 Å². The van der Waals surface area contributed by atoms with Crippen molar-refractivity contribution in [3.8, 4) is 0 Å². The van der Waals surface area contributed by atoms with Crippen LogP contribution in [0.15, 0.2) is 0 Å². The minimum Gasteiger partial charge on any atom is -0.383 e. The zero-order chi connectivity index (χ0) is 13.2. The number of nitrogens with zero attached hydrogens (tertiary/aromatic N) is 2. The Morgan fingerprint density at radius 2 is 1.56 bits per heavy atom. The van der Waals surface area contributed by atoms with Crippen LogP contribution >= 0.6 is 0 Å². The Morgan fingerprint density at radius 1 is 1.11 bits per heavy atom. The normalized spacial score (nSPS) is 19.6. The van der Waals surface area contributed by atoms with Gasteiger partial charge in [0, 0.05) is 32.2 Å². The van der Waals surface area contributed by atoms with Crippen LogP contribution in [0.5, 0.6) is 0 Å². The first kappa shape index (κ1) is 17.4. The fourth-order valence-electron chi connectivity index (χ4n) is 2.00. The average Bonchev–Trinajstić information content (AvgIpc) is 2.26. The Hall–Kier alpha value is -0.610. The number of piperazine rings is 1. The molecule has 0 bridgehead atoms. The molecule has 1 fully saturated rings. The molecule has 1 heterocycles. The van der Waals surface area contributed by atoms with Crippen molar-refractivity contribution in [3.05, 3.63) is 0 Å². The standard InChI is InChI=1S/C13H26N2O2.CH4/c1-10(2)14-6-8-15(9-7-14)12(17)11(16)13(3,4)5;/h10-11,16H,6-9H2,1-5H3;1H4. The van der Waals surface area contributed by atoms with E-state index < -0.39 is 6.10 Å². The first-order valence-corrected chi connectivity index (χ1v) is 6.44. The summed E-state index contributed by atoms with van der Waals surface area (Å²) in [6, 6.07) is 0.528. The van der Waals surface area contributed by atoms with Gasteiger partial charge in [0.15, 0.2) is 0 Å². The van der Waals surface area contributed by atoms with Gasteiger partial charge in [-0.2, -0.15) is 0 Å². The molecule has 108 valence electrons. The summed E-state index contributed by atoms with van der Waals surface area (Å²) in [6.45, 7) is 13.3. The minimum atomic E-state index is -0.895. The summed E-state index contributed by atoms with van der Waals surface area (Å²) in [5.74, 6) is -0.124. The molecule has 4 heteroatoms. The molecule has 0 aromatic heterocycles. The molecule has 1 aliphatic rings. The van der Waals surface area contributed by atoms with E-state index in [9.17, 15) is 9.90 Å². The fraction of sp³-hybridized carbons (Fsp3) is 0.929. The van der Waals surface area contributed by atoms with E-state index in [-0.39, 0.29) is 18.7 Å². The molecule has 18 heavy (non-hydrogen) atoms. The Labute approximate surface area is 112 Å². The summed E-state index contributed by atoms with van der Waals surface area (Å²) in [6.07, 6.45) is -0.895. The van der Waals surface area contributed by atoms with Gasteiger partial charge < -0.3 is 10.0 Å². The number of carbonyl (C=O) groups excluding carboxylic acids is 1. The molecule has 1 rings (SSSR count). The van der Waals surface area contributed by atoms with E-state index in [4.69, 9.17) is 0 Å². The lowest BCUT2D eigenvalue weighted by molar-refractivity contribution is -0.147. The molecule has 1 atom stereocenters. The molecule has 0 aromatic carbocycles. The second kappa shape index (κ2) is 6.53. The Kier molecular flexibility index (Phi) is 6.30. The third-order valence-electron chi connectivity index (χ3n) is 3.41. The Morgan fingerprint density at radius 3 is 1.89 bits per heavy atom. The first-order chi connectivity index (χ1) is 7.73. The molecule has 4 nitrogen and oxygen atoms in total. The molecule has 0 spiro atoms. The van der Waals surface area contributed by atoms with Gasteiger partial charge in [-0.25, -0.2) is 0 Å². The summed E-state index contributed by atoms with van der Waals surface area (Å²) < 4.78 is 0. The monoisotopic (exact) mass is 258 g/mol. The van der Waals surface area contributed by atoms with Crippen LogP contribution in [0, 0.1) is 5.41 Å². The molecule has 1 N–H and O–H groups in total. The molecule has 1 unspecified atom stereocenters. The van der Waals surface area contributed by atoms with Gasteiger partial charge in [-0.1, -0.05) is 28.2 Å². The highest BCUT2D eigenvalue weighted by Gasteiger charge is 2.33. The number of carbonyl (C=O) groups is 1. The fourth-order valence-corrected chi connectivity index (χ4v) is 2.00. The summed E-state index contributed by atoms with van der Waals surface area (Å²) in [5.41, 5.74) is -0.383. The third-order valence-corrected chi connectivity index (χ3v) is 3.41. The number of aliphatic hydroxyl groups excluding tert-OH is 1. The summed E-state index contributed by atoms with van der Waals surface area (Å²) >= 11 is 0. The summed E-state index contributed by atoms with van der Waals surface area (Å²) in [7, 11) is 0. The van der Waals surface area contributed by atoms with Gasteiger partial charge in [-0.15, -0.1) is 0 Å². The van der Waals surface area contributed by atoms with Crippen LogP contribution in [0.3, 0.4) is 0 Å². The van der Waals surface area contributed by atoms with Crippen LogP contribution in [0.2, 0.25) is 0 Å². The molecule has 0 aromatic rings. The number of amides is 1. The van der Waals surface area contributed by atoms with Crippen LogP contribution < -0.4 is 0 Å². The van der Waals surface area contributed by atoms with Crippen LogP contribution in [-0.4, -0.2) is 59.1 Å². The predicted octanol–water partition coefficient (Wildman–Crippen LogP) is 1.58. The average molecular weight is 258 g/mol. The van der Waals surface area contributed by atoms with E-state index in [1.54, 1.807) is 4.90 Å². The lowest BCUT2D eigenvalue weighted by Crippen LogP contribution is -2.54. The maximum Gasteiger partial charge on any atom is 0.252 e. The third kappa shape index (κ3) is 4.25. The van der Waals surface area contributed by atoms with Crippen LogP contribution in [0.4, 0.5) is 0 Å². The van der Waals surface area contributed by atoms with Gasteiger partial charge in [-0.05, 0) is 19.3 Å². The van der Waals surface area contributed by atoms with E-state index in [1.807, 2.05) is 20.8 Å². The maximum atomic E-state index is 12.1. The van der Waals surface area contributed by atoms with Crippen LogP contribution in [-0.2, 0) is 4.79 Å². The smallest absolute Gasteiger partial charge is 0.252 e. The van der Waals surface area contributed by atoms with Gasteiger partial charge >= 0.3 is 0 Å². The summed E-state index contributed by atoms with van der Waals surface area (Å²) in [5, 5.41) is 9.98. The Bertz CT molecular complexity index is 263. The van der Waals surface area contributed by atoms with Crippen LogP contribution in [0.25, 0.3) is 0 Å². The predicted molar refractivity (Wildman–Crippen MR) is 75.5 cm³/mol. The van der Waals surface area contributed by atoms with E-state index >= 15 is 0 Å². The van der Waals surface area contributed by atoms with Gasteiger partial charge in [0.1, 0.15) is 6.10 Å². The van der Waals surface area contributed by atoms with E-state index in [2.05, 4.69) is 18.7 Å². The molecular formula is C14H30N2O2. The largest absolute Gasteiger partial charge is 0.383 e. The number of hydrogen-bond acceptors (Lipinski definition) is 3. The van der Waals surface area contributed by atoms with Crippen molar-refractivity contribution in [3.63, 3.8) is 0 Å². The first-order valence-electron chi connectivity index (χ1n) is 6.44. The van der Waals surface area contributed by atoms with Crippen molar-refractivity contribution in [1.82, 2.24) is 9.80 Å². The molecule has 1 amide bonds. The highest BCUT2D eigenvalue weighted by Crippen LogP contribution is 2.21. The SMILES string of the molecule is C.CC(C)N1CCN(C(=O)C(O)C(C)(C)C)CC1. The number of aliphatic hydroxyl groups is 1. The zero-order valence-electron chi connectivity index (χ0n) is 11.7. The quantitative estimate of drug-likeness (QED) is 0.818. The molecule has 0 saturated carbocycles. The second-order valence-electron chi connectivity index (χ2n) is 6.22. The van der Waals surface area contributed by atoms with Gasteiger partial charge in [0.25, 0.3) is 5.91 Å². The Balaban J connectivity index is 0.00000289. The minimum absolute atomic E-state index is 0. The maximum absolute atomic E-state index is 12.1. The molecular weight excluding hydrogens is 228 g/mol. The van der Waals surface area contributed by atoms with Crippen molar-refractivity contribution in [1.29, 1.82) is 0 Å². The van der Waals surface area contributed by atoms with Crippen molar-refractivity contribution in [2.75, 3.05) is 26.2 Å². The van der Waals surface area contributed by atoms with E-state index in [1.165, 1.54) is 0 Å². The number of hydrogen-bond donors (Lipinski definition) is 1. The molecule has 1 saturated heterocycles. The summed E-state index contributed by atoms with van der Waals surface area (Å²) in [4.78, 5) is 16.2. The second-order valence-corrected chi connectivity index (χ2v) is 6.22. The molecule has 0 aliphatic carbocycles. The van der Waals surface area contributed by atoms with Crippen LogP contribution in [0.1, 0.15) is 42.0 Å². The van der Waals surface area contributed by atoms with Crippen molar-refractivity contribution in [2.24, 2.45) is 5.41 Å². The lowest BCUT2D eigenvalue weighted by atomic mass is 9.88.